The lowest BCUT2D eigenvalue weighted by atomic mass is 10.2. The molecule has 0 fully saturated rings. The van der Waals surface area contributed by atoms with Gasteiger partial charge in [-0.2, -0.15) is 14.1 Å². The smallest absolute Gasteiger partial charge is 0.256 e. The second kappa shape index (κ2) is 10.8. The number of aromatic nitrogens is 4. The summed E-state index contributed by atoms with van der Waals surface area (Å²) in [5.41, 5.74) is 1.77. The van der Waals surface area contributed by atoms with Gasteiger partial charge in [0, 0.05) is 36.0 Å². The van der Waals surface area contributed by atoms with Gasteiger partial charge in [-0.3, -0.25) is 14.6 Å². The summed E-state index contributed by atoms with van der Waals surface area (Å²) in [6, 6.07) is 11.3. The van der Waals surface area contributed by atoms with Gasteiger partial charge in [0.1, 0.15) is 11.5 Å². The first kappa shape index (κ1) is 26.5. The number of aromatic amines is 1. The SMILES string of the molecule is CCc1c(C)nc(-n2nc(-c3cccs3)cc2NC(=O)c2ccc(S(=O)(=O)N(CC)CC)cc2)[nH]c1=O. The number of carbonyl (C=O) groups excluding carboxylic acids is 1. The van der Waals surface area contributed by atoms with Crippen LogP contribution < -0.4 is 10.9 Å². The molecule has 1 aromatic carbocycles. The number of nitrogens with zero attached hydrogens (tertiary/aromatic N) is 4. The number of rotatable bonds is 9. The van der Waals surface area contributed by atoms with Crippen molar-refractivity contribution in [1.29, 1.82) is 0 Å². The molecule has 1 amide bonds. The van der Waals surface area contributed by atoms with Crippen LogP contribution >= 0.6 is 11.3 Å². The van der Waals surface area contributed by atoms with Crippen molar-refractivity contribution in [3.8, 4) is 16.5 Å². The summed E-state index contributed by atoms with van der Waals surface area (Å²) >= 11 is 1.49. The predicted octanol–water partition coefficient (Wildman–Crippen LogP) is 3.84. The van der Waals surface area contributed by atoms with Crippen molar-refractivity contribution in [2.45, 2.75) is 39.0 Å². The van der Waals surface area contributed by atoms with E-state index < -0.39 is 15.9 Å². The Morgan fingerprint density at radius 2 is 1.84 bits per heavy atom. The number of aryl methyl sites for hydroxylation is 1. The summed E-state index contributed by atoms with van der Waals surface area (Å²) in [5, 5.41) is 9.33. The van der Waals surface area contributed by atoms with E-state index in [1.807, 2.05) is 24.4 Å². The van der Waals surface area contributed by atoms with E-state index in [0.29, 0.717) is 42.3 Å². The molecule has 0 radical (unpaired) electrons. The average Bonchev–Trinajstić information content (AvgIpc) is 3.55. The Morgan fingerprint density at radius 3 is 2.41 bits per heavy atom. The maximum atomic E-state index is 13.1. The Morgan fingerprint density at radius 1 is 1.14 bits per heavy atom. The highest BCUT2D eigenvalue weighted by atomic mass is 32.2. The first-order chi connectivity index (χ1) is 17.7. The Hall–Kier alpha value is -3.61. The Kier molecular flexibility index (Phi) is 7.71. The second-order valence-electron chi connectivity index (χ2n) is 8.18. The van der Waals surface area contributed by atoms with Gasteiger partial charge in [0.05, 0.1) is 9.77 Å². The normalized spacial score (nSPS) is 11.7. The van der Waals surface area contributed by atoms with Gasteiger partial charge in [-0.05, 0) is 49.1 Å². The van der Waals surface area contributed by atoms with Crippen molar-refractivity contribution >= 4 is 33.1 Å². The molecule has 4 aromatic rings. The monoisotopic (exact) mass is 540 g/mol. The van der Waals surface area contributed by atoms with E-state index in [4.69, 9.17) is 0 Å². The molecule has 10 nitrogen and oxygen atoms in total. The summed E-state index contributed by atoms with van der Waals surface area (Å²) in [7, 11) is -3.63. The van der Waals surface area contributed by atoms with Crippen LogP contribution in [0, 0.1) is 6.92 Å². The van der Waals surface area contributed by atoms with E-state index in [0.717, 1.165) is 4.88 Å². The molecular weight excluding hydrogens is 512 g/mol. The van der Waals surface area contributed by atoms with Gasteiger partial charge in [0.25, 0.3) is 11.5 Å². The molecule has 0 saturated carbocycles. The highest BCUT2D eigenvalue weighted by Gasteiger charge is 2.22. The van der Waals surface area contributed by atoms with Gasteiger partial charge in [-0.15, -0.1) is 11.3 Å². The van der Waals surface area contributed by atoms with Gasteiger partial charge in [-0.25, -0.2) is 13.4 Å². The lowest BCUT2D eigenvalue weighted by molar-refractivity contribution is 0.102. The van der Waals surface area contributed by atoms with Crippen LogP contribution in [-0.2, 0) is 16.4 Å². The maximum absolute atomic E-state index is 13.1. The van der Waals surface area contributed by atoms with Crippen LogP contribution in [0.5, 0.6) is 0 Å². The minimum atomic E-state index is -3.63. The quantitative estimate of drug-likeness (QED) is 0.332. The van der Waals surface area contributed by atoms with Gasteiger partial charge in [0.2, 0.25) is 16.0 Å². The van der Waals surface area contributed by atoms with Crippen LogP contribution in [0.3, 0.4) is 0 Å². The molecule has 2 N–H and O–H groups in total. The van der Waals surface area contributed by atoms with Crippen molar-refractivity contribution in [2.24, 2.45) is 0 Å². The van der Waals surface area contributed by atoms with E-state index in [1.165, 1.54) is 44.6 Å². The summed E-state index contributed by atoms with van der Waals surface area (Å²) < 4.78 is 28.3. The molecule has 4 rings (SSSR count). The van der Waals surface area contributed by atoms with Gasteiger partial charge < -0.3 is 5.32 Å². The van der Waals surface area contributed by atoms with Gasteiger partial charge >= 0.3 is 0 Å². The molecule has 0 saturated heterocycles. The van der Waals surface area contributed by atoms with Crippen LogP contribution in [0.25, 0.3) is 16.5 Å². The van der Waals surface area contributed by atoms with Gasteiger partial charge in [0.15, 0.2) is 0 Å². The topological polar surface area (TPSA) is 130 Å². The summed E-state index contributed by atoms with van der Waals surface area (Å²) in [6.45, 7) is 7.89. The molecule has 194 valence electrons. The third kappa shape index (κ3) is 5.26. The number of anilines is 1. The fraction of sp³-hybridized carbons (Fsp3) is 0.280. The van der Waals surface area contributed by atoms with E-state index >= 15 is 0 Å². The minimum absolute atomic E-state index is 0.117. The number of hydrogen-bond acceptors (Lipinski definition) is 7. The van der Waals surface area contributed by atoms with Crippen LogP contribution in [0.15, 0.2) is 57.5 Å². The molecule has 0 aliphatic heterocycles. The Balaban J connectivity index is 1.69. The number of benzene rings is 1. The predicted molar refractivity (Wildman–Crippen MR) is 144 cm³/mol. The lowest BCUT2D eigenvalue weighted by Gasteiger charge is -2.18. The molecular formula is C25H28N6O4S2. The molecule has 37 heavy (non-hydrogen) atoms. The first-order valence-corrected chi connectivity index (χ1v) is 14.2. The van der Waals surface area contributed by atoms with Crippen molar-refractivity contribution in [1.82, 2.24) is 24.1 Å². The molecule has 0 aliphatic carbocycles. The summed E-state index contributed by atoms with van der Waals surface area (Å²) in [5.74, 6) is 0.0217. The molecule has 12 heteroatoms. The second-order valence-corrected chi connectivity index (χ2v) is 11.1. The Bertz CT molecular complexity index is 1570. The summed E-state index contributed by atoms with van der Waals surface area (Å²) in [6.07, 6.45) is 0.539. The molecule has 0 bridgehead atoms. The number of amides is 1. The molecule has 3 heterocycles. The maximum Gasteiger partial charge on any atom is 0.256 e. The summed E-state index contributed by atoms with van der Waals surface area (Å²) in [4.78, 5) is 34.0. The number of nitrogens with one attached hydrogen (secondary N) is 2. The highest BCUT2D eigenvalue weighted by Crippen LogP contribution is 2.28. The van der Waals surface area contributed by atoms with Crippen molar-refractivity contribution in [3.05, 3.63) is 75.0 Å². The molecule has 0 atom stereocenters. The van der Waals surface area contributed by atoms with Crippen molar-refractivity contribution in [2.75, 3.05) is 18.4 Å². The van der Waals surface area contributed by atoms with Crippen molar-refractivity contribution < 1.29 is 13.2 Å². The van der Waals surface area contributed by atoms with E-state index in [1.54, 1.807) is 26.8 Å². The fourth-order valence-electron chi connectivity index (χ4n) is 3.97. The van der Waals surface area contributed by atoms with Crippen LogP contribution in [0.4, 0.5) is 5.82 Å². The van der Waals surface area contributed by atoms with E-state index in [-0.39, 0.29) is 22.0 Å². The largest absolute Gasteiger partial charge is 0.306 e. The van der Waals surface area contributed by atoms with E-state index in [2.05, 4.69) is 20.4 Å². The standard InChI is InChI=1S/C25H28N6O4S2/c1-5-19-16(4)26-25(28-24(19)33)31-22(15-20(29-31)21-9-8-14-36-21)27-23(32)17-10-12-18(13-11-17)37(34,35)30(6-2)7-3/h8-15H,5-7H2,1-4H3,(H,27,32)(H,26,28,33). The van der Waals surface area contributed by atoms with E-state index in [9.17, 15) is 18.0 Å². The molecule has 0 unspecified atom stereocenters. The zero-order valence-electron chi connectivity index (χ0n) is 21.0. The third-order valence-corrected chi connectivity index (χ3v) is 8.90. The Labute approximate surface area is 219 Å². The number of H-pyrrole nitrogens is 1. The fourth-order valence-corrected chi connectivity index (χ4v) is 6.11. The molecule has 3 aromatic heterocycles. The van der Waals surface area contributed by atoms with Crippen LogP contribution in [0.1, 0.15) is 42.4 Å². The van der Waals surface area contributed by atoms with Crippen LogP contribution in [0.2, 0.25) is 0 Å². The minimum Gasteiger partial charge on any atom is -0.306 e. The van der Waals surface area contributed by atoms with Gasteiger partial charge in [-0.1, -0.05) is 26.8 Å². The zero-order valence-corrected chi connectivity index (χ0v) is 22.6. The first-order valence-electron chi connectivity index (χ1n) is 11.8. The number of sulfonamides is 1. The molecule has 0 spiro atoms. The lowest BCUT2D eigenvalue weighted by Crippen LogP contribution is -2.30. The number of thiophene rings is 1. The van der Waals surface area contributed by atoms with Crippen molar-refractivity contribution in [3.63, 3.8) is 0 Å². The average molecular weight is 541 g/mol. The van der Waals surface area contributed by atoms with Crippen LogP contribution in [-0.4, -0.2) is 51.5 Å². The zero-order chi connectivity index (χ0) is 26.7. The number of carbonyl (C=O) groups is 1. The number of hydrogen-bond donors (Lipinski definition) is 2. The third-order valence-electron chi connectivity index (χ3n) is 5.95. The molecule has 0 aliphatic rings. The highest BCUT2D eigenvalue weighted by molar-refractivity contribution is 7.89.